The number of benzene rings is 3. The maximum absolute atomic E-state index is 13.4. The molecule has 1 N–H and O–H groups in total. The van der Waals surface area contributed by atoms with Crippen molar-refractivity contribution in [1.82, 2.24) is 5.32 Å². The van der Waals surface area contributed by atoms with Gasteiger partial charge in [0.25, 0.3) is 0 Å². The summed E-state index contributed by atoms with van der Waals surface area (Å²) < 4.78 is 18.4. The third-order valence-corrected chi connectivity index (χ3v) is 5.24. The fraction of sp³-hybridized carbons (Fsp3) is 0.167. The van der Waals surface area contributed by atoms with Crippen LogP contribution < -0.4 is 5.32 Å². The molecule has 0 bridgehead atoms. The molecule has 5 heteroatoms. The third-order valence-electron chi connectivity index (χ3n) is 5.24. The molecule has 1 aliphatic carbocycles. The van der Waals surface area contributed by atoms with E-state index in [1.165, 1.54) is 19.2 Å². The van der Waals surface area contributed by atoms with Gasteiger partial charge in [-0.2, -0.15) is 0 Å². The highest BCUT2D eigenvalue weighted by Gasteiger charge is 2.39. The topological polar surface area (TPSA) is 55.4 Å². The first-order chi connectivity index (χ1) is 14.1. The molecule has 3 aromatic carbocycles. The minimum absolute atomic E-state index is 0.0265. The van der Waals surface area contributed by atoms with Crippen molar-refractivity contribution in [3.05, 3.63) is 95.3 Å². The molecule has 1 atom stereocenters. The van der Waals surface area contributed by atoms with Gasteiger partial charge in [-0.3, -0.25) is 4.79 Å². The largest absolute Gasteiger partial charge is 0.467 e. The van der Waals surface area contributed by atoms with Crippen molar-refractivity contribution in [2.45, 2.75) is 18.4 Å². The lowest BCUT2D eigenvalue weighted by molar-refractivity contribution is -0.145. The molecule has 4 rings (SSSR count). The maximum Gasteiger partial charge on any atom is 0.329 e. The highest BCUT2D eigenvalue weighted by Crippen LogP contribution is 2.46. The zero-order chi connectivity index (χ0) is 20.4. The Hall–Kier alpha value is -3.47. The summed E-state index contributed by atoms with van der Waals surface area (Å²) in [7, 11) is 1.31. The van der Waals surface area contributed by atoms with E-state index in [0.29, 0.717) is 5.56 Å². The number of halogens is 1. The second-order valence-corrected chi connectivity index (χ2v) is 7.03. The quantitative estimate of drug-likeness (QED) is 0.675. The Kier molecular flexibility index (Phi) is 5.12. The van der Waals surface area contributed by atoms with Crippen molar-refractivity contribution in [2.24, 2.45) is 0 Å². The fourth-order valence-corrected chi connectivity index (χ4v) is 4.02. The molecule has 1 aliphatic rings. The highest BCUT2D eigenvalue weighted by molar-refractivity contribution is 5.90. The van der Waals surface area contributed by atoms with E-state index < -0.39 is 17.8 Å². The Balaban J connectivity index is 1.67. The minimum Gasteiger partial charge on any atom is -0.467 e. The van der Waals surface area contributed by atoms with Crippen LogP contribution in [0.3, 0.4) is 0 Å². The molecule has 0 aromatic heterocycles. The van der Waals surface area contributed by atoms with Gasteiger partial charge in [0.15, 0.2) is 0 Å². The fourth-order valence-electron chi connectivity index (χ4n) is 4.02. The van der Waals surface area contributed by atoms with Crippen molar-refractivity contribution in [3.63, 3.8) is 0 Å². The number of fused-ring (bicyclic) bond motifs is 3. The van der Waals surface area contributed by atoms with Gasteiger partial charge in [-0.1, -0.05) is 60.7 Å². The number of esters is 1. The number of hydrogen-bond donors (Lipinski definition) is 1. The van der Waals surface area contributed by atoms with Gasteiger partial charge < -0.3 is 10.1 Å². The molecule has 0 saturated carbocycles. The second-order valence-electron chi connectivity index (χ2n) is 7.03. The molecular weight excluding hydrogens is 369 g/mol. The van der Waals surface area contributed by atoms with Crippen LogP contribution in [0.5, 0.6) is 0 Å². The van der Waals surface area contributed by atoms with Gasteiger partial charge in [0.05, 0.1) is 13.5 Å². The predicted molar refractivity (Wildman–Crippen MR) is 108 cm³/mol. The first-order valence-electron chi connectivity index (χ1n) is 9.38. The molecule has 0 saturated heterocycles. The van der Waals surface area contributed by atoms with Crippen LogP contribution in [0.4, 0.5) is 4.39 Å². The van der Waals surface area contributed by atoms with E-state index in [0.717, 1.165) is 22.3 Å². The summed E-state index contributed by atoms with van der Waals surface area (Å²) in [6.45, 7) is 0. The summed E-state index contributed by atoms with van der Waals surface area (Å²) in [6, 6.07) is 20.7. The Morgan fingerprint density at radius 1 is 0.966 bits per heavy atom. The van der Waals surface area contributed by atoms with Gasteiger partial charge >= 0.3 is 5.97 Å². The number of rotatable bonds is 5. The molecule has 0 unspecified atom stereocenters. The average molecular weight is 389 g/mol. The summed E-state index contributed by atoms with van der Waals surface area (Å²) >= 11 is 0. The van der Waals surface area contributed by atoms with Gasteiger partial charge in [-0.25, -0.2) is 9.18 Å². The van der Waals surface area contributed by atoms with E-state index in [2.05, 4.69) is 5.32 Å². The molecule has 0 fully saturated rings. The number of ether oxygens (including phenoxy) is 1. The van der Waals surface area contributed by atoms with Crippen LogP contribution in [-0.4, -0.2) is 25.0 Å². The first kappa shape index (κ1) is 18.9. The van der Waals surface area contributed by atoms with Crippen LogP contribution in [0, 0.1) is 5.82 Å². The summed E-state index contributed by atoms with van der Waals surface area (Å²) in [5.41, 5.74) is 4.56. The van der Waals surface area contributed by atoms with Crippen molar-refractivity contribution in [2.75, 3.05) is 7.11 Å². The lowest BCUT2D eigenvalue weighted by Gasteiger charge is -2.24. The van der Waals surface area contributed by atoms with Crippen LogP contribution in [-0.2, 0) is 20.7 Å². The van der Waals surface area contributed by atoms with Crippen molar-refractivity contribution < 1.29 is 18.7 Å². The summed E-state index contributed by atoms with van der Waals surface area (Å²) in [5.74, 6) is -1.65. The summed E-state index contributed by atoms with van der Waals surface area (Å²) in [6.07, 6.45) is -0.0265. The van der Waals surface area contributed by atoms with Gasteiger partial charge in [0.2, 0.25) is 5.91 Å². The van der Waals surface area contributed by atoms with Crippen LogP contribution in [0.2, 0.25) is 0 Å². The standard InChI is InChI=1S/C24H20FNO3/c1-29-24(28)23(26-21(27)14-15-7-6-8-16(25)13-15)22-19-11-4-2-9-17(19)18-10-3-5-12-20(18)22/h2-13,22-23H,14H2,1H3,(H,26,27)/t23-/m1/s1. The van der Waals surface area contributed by atoms with E-state index in [1.807, 2.05) is 48.5 Å². The van der Waals surface area contributed by atoms with Gasteiger partial charge in [-0.15, -0.1) is 0 Å². The molecule has 4 nitrogen and oxygen atoms in total. The number of nitrogens with one attached hydrogen (secondary N) is 1. The van der Waals surface area contributed by atoms with E-state index in [9.17, 15) is 14.0 Å². The molecule has 29 heavy (non-hydrogen) atoms. The smallest absolute Gasteiger partial charge is 0.329 e. The van der Waals surface area contributed by atoms with E-state index in [4.69, 9.17) is 4.74 Å². The van der Waals surface area contributed by atoms with Crippen molar-refractivity contribution in [3.8, 4) is 11.1 Å². The van der Waals surface area contributed by atoms with Gasteiger partial charge in [0, 0.05) is 5.92 Å². The zero-order valence-electron chi connectivity index (χ0n) is 15.9. The molecule has 0 aliphatic heterocycles. The van der Waals surface area contributed by atoms with Crippen LogP contribution >= 0.6 is 0 Å². The molecule has 146 valence electrons. The van der Waals surface area contributed by atoms with Gasteiger partial charge in [0.1, 0.15) is 11.9 Å². The Labute approximate surface area is 168 Å². The zero-order valence-corrected chi connectivity index (χ0v) is 15.9. The molecule has 1 amide bonds. The molecule has 0 radical (unpaired) electrons. The normalized spacial score (nSPS) is 13.3. The SMILES string of the molecule is COC(=O)[C@H](NC(=O)Cc1cccc(F)c1)C1c2ccccc2-c2ccccc21. The maximum atomic E-state index is 13.4. The van der Waals surface area contributed by atoms with Crippen LogP contribution in [0.25, 0.3) is 11.1 Å². The highest BCUT2D eigenvalue weighted by atomic mass is 19.1. The molecule has 0 spiro atoms. The number of carbonyl (C=O) groups is 2. The molecule has 0 heterocycles. The molecular formula is C24H20FNO3. The summed E-state index contributed by atoms with van der Waals surface area (Å²) in [4.78, 5) is 25.4. The van der Waals surface area contributed by atoms with Gasteiger partial charge in [-0.05, 0) is 39.9 Å². The number of carbonyl (C=O) groups excluding carboxylic acids is 2. The molecule has 3 aromatic rings. The average Bonchev–Trinajstić information content (AvgIpc) is 3.06. The van der Waals surface area contributed by atoms with E-state index in [-0.39, 0.29) is 18.2 Å². The van der Waals surface area contributed by atoms with Crippen LogP contribution in [0.1, 0.15) is 22.6 Å². The number of amides is 1. The third kappa shape index (κ3) is 3.63. The lowest BCUT2D eigenvalue weighted by Crippen LogP contribution is -2.46. The Morgan fingerprint density at radius 3 is 2.17 bits per heavy atom. The Morgan fingerprint density at radius 2 is 1.59 bits per heavy atom. The number of methoxy groups -OCH3 is 1. The monoisotopic (exact) mass is 389 g/mol. The Bertz CT molecular complexity index is 1030. The first-order valence-corrected chi connectivity index (χ1v) is 9.38. The minimum atomic E-state index is -0.883. The lowest BCUT2D eigenvalue weighted by atomic mass is 9.89. The van der Waals surface area contributed by atoms with E-state index in [1.54, 1.807) is 12.1 Å². The van der Waals surface area contributed by atoms with Crippen molar-refractivity contribution >= 4 is 11.9 Å². The van der Waals surface area contributed by atoms with E-state index >= 15 is 0 Å². The number of hydrogen-bond acceptors (Lipinski definition) is 3. The van der Waals surface area contributed by atoms with Crippen LogP contribution in [0.15, 0.2) is 72.8 Å². The van der Waals surface area contributed by atoms with Crippen molar-refractivity contribution in [1.29, 1.82) is 0 Å². The summed E-state index contributed by atoms with van der Waals surface area (Å²) in [5, 5.41) is 2.82. The second kappa shape index (κ2) is 7.87. The predicted octanol–water partition coefficient (Wildman–Crippen LogP) is 3.84.